The summed E-state index contributed by atoms with van der Waals surface area (Å²) in [5, 5.41) is 9.44. The maximum absolute atomic E-state index is 12.4. The molecular weight excluding hydrogens is 244 g/mol. The minimum absolute atomic E-state index is 0.0620. The Balaban J connectivity index is 2.96. The summed E-state index contributed by atoms with van der Waals surface area (Å²) in [7, 11) is 0. The normalized spacial score (nSPS) is 25.7. The number of carboxylic acids is 1. The van der Waals surface area contributed by atoms with E-state index in [1.54, 1.807) is 0 Å². The number of rotatable bonds is 4. The molecular formula is C14H26N2O3. The number of likely N-dealkylation sites (tertiary alicyclic amines) is 1. The molecule has 5 heteroatoms. The van der Waals surface area contributed by atoms with Crippen LogP contribution < -0.4 is 5.73 Å². The molecule has 1 rings (SSSR count). The van der Waals surface area contributed by atoms with E-state index in [0.717, 1.165) is 19.3 Å². The van der Waals surface area contributed by atoms with Crippen molar-refractivity contribution < 1.29 is 14.7 Å². The lowest BCUT2D eigenvalue weighted by atomic mass is 9.76. The number of nitrogens with two attached hydrogens (primary N) is 1. The van der Waals surface area contributed by atoms with Crippen molar-refractivity contribution in [3.05, 3.63) is 0 Å². The summed E-state index contributed by atoms with van der Waals surface area (Å²) in [4.78, 5) is 25.4. The standard InChI is InChI=1S/C14H26N2O3/c1-5-9(2)10(15)12(17)16-8-6-7-14(3,4)11(16)13(18)19/h9-11H,5-8,15H2,1-4H3,(H,18,19)/t9-,10-,11?/m0/s1. The van der Waals surface area contributed by atoms with Gasteiger partial charge in [-0.3, -0.25) is 4.79 Å². The predicted octanol–water partition coefficient (Wildman–Crippen LogP) is 1.46. The third-order valence-electron chi connectivity index (χ3n) is 4.33. The van der Waals surface area contributed by atoms with Crippen LogP contribution in [0.3, 0.4) is 0 Å². The van der Waals surface area contributed by atoms with E-state index in [4.69, 9.17) is 5.73 Å². The Morgan fingerprint density at radius 3 is 2.53 bits per heavy atom. The summed E-state index contributed by atoms with van der Waals surface area (Å²) < 4.78 is 0. The molecule has 3 atom stereocenters. The monoisotopic (exact) mass is 270 g/mol. The number of hydrogen-bond acceptors (Lipinski definition) is 3. The van der Waals surface area contributed by atoms with Crippen molar-refractivity contribution in [1.29, 1.82) is 0 Å². The smallest absolute Gasteiger partial charge is 0.326 e. The number of amides is 1. The number of aliphatic carboxylic acids is 1. The van der Waals surface area contributed by atoms with Gasteiger partial charge in [0.25, 0.3) is 0 Å². The highest BCUT2D eigenvalue weighted by Crippen LogP contribution is 2.35. The Kier molecular flexibility index (Phi) is 4.96. The molecule has 0 bridgehead atoms. The zero-order valence-corrected chi connectivity index (χ0v) is 12.3. The minimum Gasteiger partial charge on any atom is -0.480 e. The van der Waals surface area contributed by atoms with Crippen molar-refractivity contribution in [2.24, 2.45) is 17.1 Å². The van der Waals surface area contributed by atoms with Gasteiger partial charge in [0.15, 0.2) is 0 Å². The van der Waals surface area contributed by atoms with Gasteiger partial charge in [-0.05, 0) is 24.2 Å². The van der Waals surface area contributed by atoms with E-state index in [1.807, 2.05) is 27.7 Å². The van der Waals surface area contributed by atoms with Gasteiger partial charge in [0.05, 0.1) is 6.04 Å². The van der Waals surface area contributed by atoms with Crippen LogP contribution in [-0.4, -0.2) is 40.5 Å². The molecule has 0 aromatic carbocycles. The van der Waals surface area contributed by atoms with Crippen molar-refractivity contribution in [3.63, 3.8) is 0 Å². The molecule has 1 fully saturated rings. The van der Waals surface area contributed by atoms with Crippen LogP contribution in [0.1, 0.15) is 47.0 Å². The lowest BCUT2D eigenvalue weighted by molar-refractivity contribution is -0.160. The average molecular weight is 270 g/mol. The van der Waals surface area contributed by atoms with E-state index >= 15 is 0 Å². The Bertz CT molecular complexity index is 355. The quantitative estimate of drug-likeness (QED) is 0.810. The first-order chi connectivity index (χ1) is 8.72. The van der Waals surface area contributed by atoms with Crippen LogP contribution >= 0.6 is 0 Å². The molecule has 0 saturated carbocycles. The van der Waals surface area contributed by atoms with Gasteiger partial charge >= 0.3 is 5.97 Å². The van der Waals surface area contributed by atoms with E-state index in [1.165, 1.54) is 4.90 Å². The SMILES string of the molecule is CC[C@H](C)[C@H](N)C(=O)N1CCCC(C)(C)C1C(=O)O. The van der Waals surface area contributed by atoms with Crippen molar-refractivity contribution in [2.75, 3.05) is 6.54 Å². The zero-order chi connectivity index (χ0) is 14.8. The molecule has 0 aromatic rings. The first kappa shape index (κ1) is 16.0. The van der Waals surface area contributed by atoms with Crippen LogP contribution in [0.15, 0.2) is 0 Å². The molecule has 1 heterocycles. The van der Waals surface area contributed by atoms with Crippen LogP contribution in [0.2, 0.25) is 0 Å². The Morgan fingerprint density at radius 1 is 1.47 bits per heavy atom. The molecule has 0 spiro atoms. The molecule has 5 nitrogen and oxygen atoms in total. The van der Waals surface area contributed by atoms with Gasteiger partial charge in [-0.2, -0.15) is 0 Å². The molecule has 3 N–H and O–H groups in total. The number of carbonyl (C=O) groups excluding carboxylic acids is 1. The molecule has 1 aliphatic heterocycles. The van der Waals surface area contributed by atoms with E-state index in [2.05, 4.69) is 0 Å². The van der Waals surface area contributed by atoms with Gasteiger partial charge in [0.1, 0.15) is 6.04 Å². The van der Waals surface area contributed by atoms with Gasteiger partial charge in [0, 0.05) is 6.54 Å². The summed E-state index contributed by atoms with van der Waals surface area (Å²) in [5.41, 5.74) is 5.56. The van der Waals surface area contributed by atoms with Crippen molar-refractivity contribution in [2.45, 2.75) is 59.0 Å². The van der Waals surface area contributed by atoms with Gasteiger partial charge in [-0.1, -0.05) is 34.1 Å². The minimum atomic E-state index is -0.936. The lowest BCUT2D eigenvalue weighted by Crippen LogP contribution is -2.60. The van der Waals surface area contributed by atoms with Crippen LogP contribution in [0.4, 0.5) is 0 Å². The Hall–Kier alpha value is -1.10. The molecule has 1 amide bonds. The van der Waals surface area contributed by atoms with Gasteiger partial charge in [-0.25, -0.2) is 4.79 Å². The maximum Gasteiger partial charge on any atom is 0.326 e. The number of nitrogens with zero attached hydrogens (tertiary/aromatic N) is 1. The van der Waals surface area contributed by atoms with Crippen LogP contribution in [0.25, 0.3) is 0 Å². The average Bonchev–Trinajstić information content (AvgIpc) is 2.33. The Labute approximate surface area is 115 Å². The van der Waals surface area contributed by atoms with Crippen molar-refractivity contribution in [3.8, 4) is 0 Å². The van der Waals surface area contributed by atoms with E-state index < -0.39 is 23.5 Å². The van der Waals surface area contributed by atoms with Crippen molar-refractivity contribution in [1.82, 2.24) is 4.90 Å². The summed E-state index contributed by atoms with van der Waals surface area (Å²) in [6.07, 6.45) is 2.45. The number of hydrogen-bond donors (Lipinski definition) is 2. The predicted molar refractivity (Wildman–Crippen MR) is 73.6 cm³/mol. The van der Waals surface area contributed by atoms with Crippen molar-refractivity contribution >= 4 is 11.9 Å². The third-order valence-corrected chi connectivity index (χ3v) is 4.33. The highest BCUT2D eigenvalue weighted by atomic mass is 16.4. The summed E-state index contributed by atoms with van der Waals surface area (Å²) in [6, 6.07) is -1.38. The fourth-order valence-corrected chi connectivity index (χ4v) is 2.79. The molecule has 110 valence electrons. The first-order valence-electron chi connectivity index (χ1n) is 7.01. The molecule has 1 unspecified atom stereocenters. The first-order valence-corrected chi connectivity index (χ1v) is 7.01. The highest BCUT2D eigenvalue weighted by molar-refractivity contribution is 5.87. The molecule has 0 aliphatic carbocycles. The molecule has 0 radical (unpaired) electrons. The fraction of sp³-hybridized carbons (Fsp3) is 0.857. The topological polar surface area (TPSA) is 83.6 Å². The van der Waals surface area contributed by atoms with E-state index in [-0.39, 0.29) is 11.8 Å². The van der Waals surface area contributed by atoms with Crippen LogP contribution in [0, 0.1) is 11.3 Å². The zero-order valence-electron chi connectivity index (χ0n) is 12.3. The fourth-order valence-electron chi connectivity index (χ4n) is 2.79. The Morgan fingerprint density at radius 2 is 2.05 bits per heavy atom. The van der Waals surface area contributed by atoms with E-state index in [0.29, 0.717) is 6.54 Å². The number of carboxylic acid groups (broad SMARTS) is 1. The molecule has 1 aliphatic rings. The molecule has 1 saturated heterocycles. The number of piperidine rings is 1. The largest absolute Gasteiger partial charge is 0.480 e. The molecule has 0 aromatic heterocycles. The lowest BCUT2D eigenvalue weighted by Gasteiger charge is -2.45. The highest BCUT2D eigenvalue weighted by Gasteiger charge is 2.45. The van der Waals surface area contributed by atoms with Gasteiger partial charge in [0.2, 0.25) is 5.91 Å². The van der Waals surface area contributed by atoms with E-state index in [9.17, 15) is 14.7 Å². The van der Waals surface area contributed by atoms with Gasteiger partial charge < -0.3 is 15.7 Å². The second-order valence-corrected chi connectivity index (χ2v) is 6.28. The van der Waals surface area contributed by atoms with Gasteiger partial charge in [-0.15, -0.1) is 0 Å². The van der Waals surface area contributed by atoms with Crippen LogP contribution in [-0.2, 0) is 9.59 Å². The second kappa shape index (κ2) is 5.90. The maximum atomic E-state index is 12.4. The summed E-state index contributed by atoms with van der Waals surface area (Å²) >= 11 is 0. The second-order valence-electron chi connectivity index (χ2n) is 6.28. The summed E-state index contributed by atoms with van der Waals surface area (Å²) in [5.74, 6) is -1.10. The number of carbonyl (C=O) groups is 2. The third kappa shape index (κ3) is 3.26. The summed E-state index contributed by atoms with van der Waals surface area (Å²) in [6.45, 7) is 8.20. The van der Waals surface area contributed by atoms with Crippen LogP contribution in [0.5, 0.6) is 0 Å². The molecule has 19 heavy (non-hydrogen) atoms.